The molecule has 0 fully saturated rings. The van der Waals surface area contributed by atoms with Crippen LogP contribution in [0, 0.1) is 0 Å². The van der Waals surface area contributed by atoms with E-state index in [0.717, 1.165) is 22.7 Å². The maximum Gasteiger partial charge on any atom is 0.179 e. The number of hydrogen-bond acceptors (Lipinski definition) is 1. The fourth-order valence-corrected chi connectivity index (χ4v) is 1.91. The molecule has 2 aromatic rings. The van der Waals surface area contributed by atoms with Gasteiger partial charge in [-0.3, -0.25) is 4.79 Å². The molecule has 1 aromatic carbocycles. The number of halogens is 1. The highest BCUT2D eigenvalue weighted by Crippen LogP contribution is 2.12. The van der Waals surface area contributed by atoms with Gasteiger partial charge in [0.1, 0.15) is 0 Å². The van der Waals surface area contributed by atoms with Crippen LogP contribution in [0.1, 0.15) is 22.5 Å². The Morgan fingerprint density at radius 3 is 2.53 bits per heavy atom. The Balaban J connectivity index is 1.97. The summed E-state index contributed by atoms with van der Waals surface area (Å²) in [6.45, 7) is 0. The number of aromatic nitrogens is 1. The van der Waals surface area contributed by atoms with E-state index >= 15 is 0 Å². The van der Waals surface area contributed by atoms with Crippen LogP contribution in [0.4, 0.5) is 0 Å². The smallest absolute Gasteiger partial charge is 0.179 e. The van der Waals surface area contributed by atoms with Crippen molar-refractivity contribution in [2.75, 3.05) is 0 Å². The Kier molecular flexibility index (Phi) is 3.64. The van der Waals surface area contributed by atoms with Crippen LogP contribution in [-0.4, -0.2) is 10.4 Å². The number of carbonyl (C=O) groups is 1. The van der Waals surface area contributed by atoms with Gasteiger partial charge in [0.2, 0.25) is 0 Å². The predicted octanol–water partition coefficient (Wildman–Crippen LogP) is 3.49. The molecule has 0 spiro atoms. The molecule has 0 atom stereocenters. The molecule has 0 saturated carbocycles. The van der Waals surface area contributed by atoms with Gasteiger partial charge in [0, 0.05) is 24.7 Å². The first-order valence-corrected chi connectivity index (χ1v) is 5.93. The van der Waals surface area contributed by atoms with Crippen LogP contribution in [-0.2, 0) is 13.5 Å². The number of carbonyl (C=O) groups excluding carboxylic acids is 1. The number of nitrogens with zero attached hydrogens (tertiary/aromatic N) is 1. The second kappa shape index (κ2) is 5.19. The molecule has 2 nitrogen and oxygen atoms in total. The first-order chi connectivity index (χ1) is 8.16. The fourth-order valence-electron chi connectivity index (χ4n) is 1.79. The van der Waals surface area contributed by atoms with Crippen LogP contribution in [0.5, 0.6) is 0 Å². The third-order valence-electron chi connectivity index (χ3n) is 2.78. The van der Waals surface area contributed by atoms with Crippen LogP contribution in [0.25, 0.3) is 0 Å². The summed E-state index contributed by atoms with van der Waals surface area (Å²) in [4.78, 5) is 11.9. The van der Waals surface area contributed by atoms with Gasteiger partial charge in [-0.05, 0) is 36.2 Å². The number of aryl methyl sites for hydroxylation is 2. The summed E-state index contributed by atoms with van der Waals surface area (Å²) in [6.07, 6.45) is 3.16. The van der Waals surface area contributed by atoms with E-state index in [2.05, 4.69) is 0 Å². The number of hydrogen-bond donors (Lipinski definition) is 0. The van der Waals surface area contributed by atoms with Gasteiger partial charge in [-0.2, -0.15) is 0 Å². The molecule has 0 radical (unpaired) electrons. The van der Waals surface area contributed by atoms with Crippen LogP contribution < -0.4 is 0 Å². The van der Waals surface area contributed by atoms with E-state index in [1.807, 2.05) is 54.2 Å². The monoisotopic (exact) mass is 247 g/mol. The lowest BCUT2D eigenvalue weighted by Crippen LogP contribution is -2.06. The topological polar surface area (TPSA) is 22.0 Å². The van der Waals surface area contributed by atoms with Gasteiger partial charge in [-0.25, -0.2) is 0 Å². The quantitative estimate of drug-likeness (QED) is 0.758. The first kappa shape index (κ1) is 11.9. The molecule has 88 valence electrons. The van der Waals surface area contributed by atoms with Gasteiger partial charge in [0.15, 0.2) is 5.78 Å². The number of rotatable bonds is 4. The SMILES string of the molecule is Cn1cccc1C(=O)CCc1ccc(Cl)cc1. The number of Topliss-reactive ketones (excluding diaryl/α,β-unsaturated/α-hetero) is 1. The van der Waals surface area contributed by atoms with Crippen molar-refractivity contribution in [3.63, 3.8) is 0 Å². The Labute approximate surface area is 106 Å². The number of benzene rings is 1. The predicted molar refractivity (Wildman–Crippen MR) is 69.5 cm³/mol. The lowest BCUT2D eigenvalue weighted by molar-refractivity contribution is 0.0975. The van der Waals surface area contributed by atoms with Crippen molar-refractivity contribution in [2.45, 2.75) is 12.8 Å². The summed E-state index contributed by atoms with van der Waals surface area (Å²) in [5.41, 5.74) is 1.90. The van der Waals surface area contributed by atoms with E-state index in [-0.39, 0.29) is 5.78 Å². The highest BCUT2D eigenvalue weighted by molar-refractivity contribution is 6.30. The summed E-state index contributed by atoms with van der Waals surface area (Å²) in [6, 6.07) is 11.4. The molecule has 0 aliphatic rings. The van der Waals surface area contributed by atoms with Gasteiger partial charge in [0.25, 0.3) is 0 Å². The van der Waals surface area contributed by atoms with E-state index < -0.39 is 0 Å². The Bertz CT molecular complexity index is 513. The molecule has 0 amide bonds. The lowest BCUT2D eigenvalue weighted by Gasteiger charge is -2.03. The normalized spacial score (nSPS) is 10.5. The molecule has 0 aliphatic heterocycles. The molecule has 0 saturated heterocycles. The van der Waals surface area contributed by atoms with E-state index in [1.54, 1.807) is 0 Å². The van der Waals surface area contributed by atoms with Gasteiger partial charge in [0.05, 0.1) is 5.69 Å². The van der Waals surface area contributed by atoms with Crippen molar-refractivity contribution in [3.05, 3.63) is 58.9 Å². The van der Waals surface area contributed by atoms with Crippen molar-refractivity contribution >= 4 is 17.4 Å². The van der Waals surface area contributed by atoms with Gasteiger partial charge < -0.3 is 4.57 Å². The molecule has 17 heavy (non-hydrogen) atoms. The van der Waals surface area contributed by atoms with Gasteiger partial charge in [-0.1, -0.05) is 23.7 Å². The second-order valence-corrected chi connectivity index (χ2v) is 4.49. The molecule has 0 unspecified atom stereocenters. The van der Waals surface area contributed by atoms with Crippen LogP contribution >= 0.6 is 11.6 Å². The molecular formula is C14H14ClNO. The van der Waals surface area contributed by atoms with Crippen LogP contribution in [0.15, 0.2) is 42.6 Å². The average molecular weight is 248 g/mol. The highest BCUT2D eigenvalue weighted by Gasteiger charge is 2.08. The molecule has 3 heteroatoms. The summed E-state index contributed by atoms with van der Waals surface area (Å²) in [5, 5.41) is 0.725. The van der Waals surface area contributed by atoms with Crippen LogP contribution in [0.2, 0.25) is 5.02 Å². The molecule has 0 aliphatic carbocycles. The minimum absolute atomic E-state index is 0.174. The second-order valence-electron chi connectivity index (χ2n) is 4.05. The van der Waals surface area contributed by atoms with E-state index in [4.69, 9.17) is 11.6 Å². The third kappa shape index (κ3) is 2.98. The minimum atomic E-state index is 0.174. The van der Waals surface area contributed by atoms with Crippen molar-refractivity contribution in [3.8, 4) is 0 Å². The van der Waals surface area contributed by atoms with Crippen molar-refractivity contribution in [1.82, 2.24) is 4.57 Å². The molecule has 0 bridgehead atoms. The third-order valence-corrected chi connectivity index (χ3v) is 3.04. The molecule has 2 rings (SSSR count). The van der Waals surface area contributed by atoms with E-state index in [0.29, 0.717) is 6.42 Å². The highest BCUT2D eigenvalue weighted by atomic mass is 35.5. The van der Waals surface area contributed by atoms with Crippen LogP contribution in [0.3, 0.4) is 0 Å². The zero-order valence-electron chi connectivity index (χ0n) is 9.69. The minimum Gasteiger partial charge on any atom is -0.348 e. The summed E-state index contributed by atoms with van der Waals surface area (Å²) in [5.74, 6) is 0.174. The van der Waals surface area contributed by atoms with Gasteiger partial charge in [-0.15, -0.1) is 0 Å². The Morgan fingerprint density at radius 1 is 1.24 bits per heavy atom. The lowest BCUT2D eigenvalue weighted by atomic mass is 10.1. The molecule has 0 N–H and O–H groups in total. The Morgan fingerprint density at radius 2 is 1.94 bits per heavy atom. The standard InChI is InChI=1S/C14H14ClNO/c1-16-10-2-3-13(16)14(17)9-6-11-4-7-12(15)8-5-11/h2-5,7-8,10H,6,9H2,1H3. The zero-order chi connectivity index (χ0) is 12.3. The van der Waals surface area contributed by atoms with Crippen molar-refractivity contribution in [1.29, 1.82) is 0 Å². The molecule has 1 heterocycles. The average Bonchev–Trinajstić information content (AvgIpc) is 2.74. The van der Waals surface area contributed by atoms with Crippen molar-refractivity contribution in [2.24, 2.45) is 7.05 Å². The largest absolute Gasteiger partial charge is 0.348 e. The van der Waals surface area contributed by atoms with E-state index in [9.17, 15) is 4.79 Å². The maximum atomic E-state index is 11.9. The van der Waals surface area contributed by atoms with Gasteiger partial charge >= 0.3 is 0 Å². The summed E-state index contributed by atoms with van der Waals surface area (Å²) < 4.78 is 1.85. The summed E-state index contributed by atoms with van der Waals surface area (Å²) in [7, 11) is 1.88. The van der Waals surface area contributed by atoms with E-state index in [1.165, 1.54) is 0 Å². The Hall–Kier alpha value is -1.54. The molecule has 1 aromatic heterocycles. The zero-order valence-corrected chi connectivity index (χ0v) is 10.4. The summed E-state index contributed by atoms with van der Waals surface area (Å²) >= 11 is 5.81. The number of ketones is 1. The molecular weight excluding hydrogens is 234 g/mol. The van der Waals surface area contributed by atoms with Crippen molar-refractivity contribution < 1.29 is 4.79 Å². The first-order valence-electron chi connectivity index (χ1n) is 5.56. The maximum absolute atomic E-state index is 11.9. The fraction of sp³-hybridized carbons (Fsp3) is 0.214.